The van der Waals surface area contributed by atoms with Gasteiger partial charge in [0.05, 0.1) is 4.90 Å². The third-order valence-electron chi connectivity index (χ3n) is 3.65. The van der Waals surface area contributed by atoms with Crippen molar-refractivity contribution in [3.05, 3.63) is 60.5 Å². The second kappa shape index (κ2) is 4.80. The smallest absolute Gasteiger partial charge is 0.172 e. The van der Waals surface area contributed by atoms with Crippen LogP contribution in [0.5, 0.6) is 11.5 Å². The van der Waals surface area contributed by atoms with Crippen LogP contribution in [-0.4, -0.2) is 20.2 Å². The standard InChI is InChI=1S/C16H18O3S/c1-3-20(19,4-2,13-9-6-5-7-10-13)15-12-8-11-14(17)16(15)18/h3,5-12,17-18H,1,4H2,2H3. The van der Waals surface area contributed by atoms with E-state index in [-0.39, 0.29) is 22.1 Å². The molecule has 0 unspecified atom stereocenters. The summed E-state index contributed by atoms with van der Waals surface area (Å²) in [5.41, 5.74) is 0. The molecule has 0 radical (unpaired) electrons. The number of phenols is 2. The van der Waals surface area contributed by atoms with Gasteiger partial charge in [0.15, 0.2) is 11.5 Å². The fourth-order valence-corrected chi connectivity index (χ4v) is 5.51. The predicted molar refractivity (Wildman–Crippen MR) is 81.6 cm³/mol. The van der Waals surface area contributed by atoms with Crippen molar-refractivity contribution in [1.82, 2.24) is 0 Å². The summed E-state index contributed by atoms with van der Waals surface area (Å²) in [5.74, 6) is -0.371. The summed E-state index contributed by atoms with van der Waals surface area (Å²) in [6.45, 7) is 5.53. The molecule has 2 aromatic carbocycles. The molecule has 3 nitrogen and oxygen atoms in total. The molecule has 0 spiro atoms. The number of hydrogen-bond acceptors (Lipinski definition) is 3. The van der Waals surface area contributed by atoms with E-state index in [1.165, 1.54) is 11.5 Å². The monoisotopic (exact) mass is 290 g/mol. The summed E-state index contributed by atoms with van der Waals surface area (Å²) in [4.78, 5) is 0.800. The normalized spacial score (nSPS) is 13.3. The number of hydrogen-bond donors (Lipinski definition) is 2. The van der Waals surface area contributed by atoms with Gasteiger partial charge in [0.1, 0.15) is 0 Å². The first kappa shape index (κ1) is 14.3. The quantitative estimate of drug-likeness (QED) is 0.847. The molecule has 0 aliphatic rings. The molecule has 2 aromatic rings. The average molecular weight is 290 g/mol. The van der Waals surface area contributed by atoms with E-state index in [1.807, 2.05) is 6.07 Å². The Kier molecular flexibility index (Phi) is 3.44. The van der Waals surface area contributed by atoms with E-state index in [0.717, 1.165) is 0 Å². The summed E-state index contributed by atoms with van der Waals surface area (Å²) in [7, 11) is -3.66. The van der Waals surface area contributed by atoms with Gasteiger partial charge in [0, 0.05) is 10.6 Å². The minimum absolute atomic E-state index is 0.214. The lowest BCUT2D eigenvalue weighted by atomic mass is 10.3. The first-order valence-electron chi connectivity index (χ1n) is 6.32. The largest absolute Gasteiger partial charge is 0.504 e. The van der Waals surface area contributed by atoms with E-state index in [9.17, 15) is 14.4 Å². The third kappa shape index (κ3) is 1.84. The molecule has 0 saturated carbocycles. The van der Waals surface area contributed by atoms with E-state index >= 15 is 0 Å². The number of rotatable bonds is 4. The van der Waals surface area contributed by atoms with Gasteiger partial charge in [0.2, 0.25) is 0 Å². The van der Waals surface area contributed by atoms with Gasteiger partial charge in [-0.25, -0.2) is 0 Å². The molecule has 0 atom stereocenters. The van der Waals surface area contributed by atoms with E-state index in [0.29, 0.717) is 4.90 Å². The zero-order valence-corrected chi connectivity index (χ0v) is 12.1. The van der Waals surface area contributed by atoms with Crippen molar-refractivity contribution >= 4 is 9.07 Å². The highest BCUT2D eigenvalue weighted by Crippen LogP contribution is 2.50. The minimum Gasteiger partial charge on any atom is -0.504 e. The highest BCUT2D eigenvalue weighted by atomic mass is 32.3. The fourth-order valence-electron chi connectivity index (χ4n) is 2.34. The molecule has 0 aliphatic carbocycles. The Morgan fingerprint density at radius 3 is 2.30 bits per heavy atom. The van der Waals surface area contributed by atoms with Gasteiger partial charge >= 0.3 is 0 Å². The van der Waals surface area contributed by atoms with Crippen LogP contribution in [0, 0.1) is 0 Å². The van der Waals surface area contributed by atoms with Gasteiger partial charge in [-0.2, -0.15) is 0 Å². The van der Waals surface area contributed by atoms with Gasteiger partial charge in [-0.15, -0.1) is 0 Å². The van der Waals surface area contributed by atoms with Gasteiger partial charge in [0.25, 0.3) is 0 Å². The predicted octanol–water partition coefficient (Wildman–Crippen LogP) is 3.50. The molecule has 0 bridgehead atoms. The van der Waals surface area contributed by atoms with Crippen molar-refractivity contribution in [3.63, 3.8) is 0 Å². The van der Waals surface area contributed by atoms with E-state index < -0.39 is 9.07 Å². The molecule has 2 N–H and O–H groups in total. The van der Waals surface area contributed by atoms with Crippen molar-refractivity contribution in [2.45, 2.75) is 16.7 Å². The van der Waals surface area contributed by atoms with Crippen molar-refractivity contribution in [1.29, 1.82) is 0 Å². The van der Waals surface area contributed by atoms with Gasteiger partial charge in [-0.1, -0.05) is 37.8 Å². The topological polar surface area (TPSA) is 57.5 Å². The van der Waals surface area contributed by atoms with Gasteiger partial charge < -0.3 is 10.2 Å². The zero-order chi connectivity index (χ0) is 14.8. The van der Waals surface area contributed by atoms with Crippen LogP contribution >= 0.6 is 0 Å². The molecular weight excluding hydrogens is 272 g/mol. The Hall–Kier alpha value is -2.07. The van der Waals surface area contributed by atoms with Crippen molar-refractivity contribution < 1.29 is 14.4 Å². The fraction of sp³-hybridized carbons (Fsp3) is 0.125. The van der Waals surface area contributed by atoms with Crippen molar-refractivity contribution in [2.75, 3.05) is 5.75 Å². The summed E-state index contributed by atoms with van der Waals surface area (Å²) in [5, 5.41) is 21.3. The average Bonchev–Trinajstić information content (AvgIpc) is 2.50. The first-order chi connectivity index (χ1) is 9.46. The van der Waals surface area contributed by atoms with Crippen LogP contribution in [0.25, 0.3) is 0 Å². The van der Waals surface area contributed by atoms with Crippen LogP contribution in [0.1, 0.15) is 6.92 Å². The Morgan fingerprint density at radius 1 is 1.10 bits per heavy atom. The second-order valence-corrected chi connectivity index (χ2v) is 8.74. The maximum atomic E-state index is 13.9. The first-order valence-corrected chi connectivity index (χ1v) is 8.52. The molecule has 0 amide bonds. The SMILES string of the molecule is C=CS(=O)(CC)(c1ccccc1)c1cccc(O)c1O. The lowest BCUT2D eigenvalue weighted by Gasteiger charge is -2.39. The zero-order valence-electron chi connectivity index (χ0n) is 11.3. The van der Waals surface area contributed by atoms with Crippen LogP contribution < -0.4 is 0 Å². The summed E-state index contributed by atoms with van der Waals surface area (Å²) in [6, 6.07) is 13.4. The van der Waals surface area contributed by atoms with E-state index in [1.54, 1.807) is 43.3 Å². The summed E-state index contributed by atoms with van der Waals surface area (Å²) in [6.07, 6.45) is 0. The van der Waals surface area contributed by atoms with E-state index in [2.05, 4.69) is 6.58 Å². The van der Waals surface area contributed by atoms with Crippen LogP contribution in [0.2, 0.25) is 0 Å². The number of phenolic OH excluding ortho intramolecular Hbond substituents is 2. The third-order valence-corrected chi connectivity index (χ3v) is 8.10. The number of aromatic hydroxyl groups is 2. The molecule has 0 heterocycles. The van der Waals surface area contributed by atoms with Gasteiger partial charge in [-0.05, 0) is 38.7 Å². The molecule has 0 aromatic heterocycles. The molecule has 0 aliphatic heterocycles. The Morgan fingerprint density at radius 2 is 1.75 bits per heavy atom. The second-order valence-electron chi connectivity index (χ2n) is 4.57. The molecule has 2 rings (SSSR count). The lowest BCUT2D eigenvalue weighted by Crippen LogP contribution is -2.33. The maximum Gasteiger partial charge on any atom is 0.172 e. The van der Waals surface area contributed by atoms with Crippen LogP contribution in [0.3, 0.4) is 0 Å². The van der Waals surface area contributed by atoms with Gasteiger partial charge in [-0.3, -0.25) is 4.21 Å². The van der Waals surface area contributed by atoms with Crippen LogP contribution in [0.4, 0.5) is 0 Å². The highest BCUT2D eigenvalue weighted by Gasteiger charge is 2.39. The molecule has 20 heavy (non-hydrogen) atoms. The molecular formula is C16H18O3S. The summed E-state index contributed by atoms with van der Waals surface area (Å²) < 4.78 is 13.9. The Bertz CT molecular complexity index is 707. The lowest BCUT2D eigenvalue weighted by molar-refractivity contribution is 0.393. The Labute approximate surface area is 118 Å². The molecule has 4 heteroatoms. The molecule has 106 valence electrons. The van der Waals surface area contributed by atoms with Crippen molar-refractivity contribution in [2.24, 2.45) is 0 Å². The van der Waals surface area contributed by atoms with Crippen molar-refractivity contribution in [3.8, 4) is 11.5 Å². The number of para-hydroxylation sites is 1. The maximum absolute atomic E-state index is 13.9. The molecule has 0 saturated heterocycles. The molecule has 0 fully saturated rings. The minimum atomic E-state index is -3.66. The number of benzene rings is 2. The van der Waals surface area contributed by atoms with Crippen LogP contribution in [0.15, 0.2) is 70.3 Å². The highest BCUT2D eigenvalue weighted by molar-refractivity contribution is 8.22. The van der Waals surface area contributed by atoms with Crippen LogP contribution in [-0.2, 0) is 9.07 Å². The van der Waals surface area contributed by atoms with E-state index in [4.69, 9.17) is 0 Å². The summed E-state index contributed by atoms with van der Waals surface area (Å²) >= 11 is 0. The Balaban J connectivity index is 2.90.